The first-order valence-corrected chi connectivity index (χ1v) is 6.26. The molecule has 4 nitrogen and oxygen atoms in total. The summed E-state index contributed by atoms with van der Waals surface area (Å²) in [7, 11) is 0. The maximum absolute atomic E-state index is 11.8. The van der Waals surface area contributed by atoms with Crippen LogP contribution in [0.5, 0.6) is 0 Å². The zero-order chi connectivity index (χ0) is 14.3. The van der Waals surface area contributed by atoms with E-state index in [2.05, 4.69) is 22.1 Å². The van der Waals surface area contributed by atoms with Crippen molar-refractivity contribution in [3.63, 3.8) is 0 Å². The topological polar surface area (TPSA) is 62.2 Å². The maximum Gasteiger partial charge on any atom is 0.226 e. The molecule has 1 aromatic heterocycles. The summed E-state index contributed by atoms with van der Waals surface area (Å²) >= 11 is 0. The zero-order valence-corrected chi connectivity index (χ0v) is 11.7. The van der Waals surface area contributed by atoms with Gasteiger partial charge in [0.15, 0.2) is 0 Å². The van der Waals surface area contributed by atoms with Crippen LogP contribution < -0.4 is 5.32 Å². The van der Waals surface area contributed by atoms with Gasteiger partial charge in [-0.15, -0.1) is 0 Å². The van der Waals surface area contributed by atoms with Crippen molar-refractivity contribution in [3.05, 3.63) is 23.9 Å². The number of pyridine rings is 1. The molecule has 1 rings (SSSR count). The summed E-state index contributed by atoms with van der Waals surface area (Å²) < 4.78 is 0. The fourth-order valence-electron chi connectivity index (χ4n) is 1.47. The van der Waals surface area contributed by atoms with E-state index in [4.69, 9.17) is 5.11 Å². The number of hydrogen-bond acceptors (Lipinski definition) is 3. The molecule has 0 unspecified atom stereocenters. The van der Waals surface area contributed by atoms with E-state index in [1.54, 1.807) is 18.3 Å². The minimum Gasteiger partial charge on any atom is -0.395 e. The van der Waals surface area contributed by atoms with Crippen LogP contribution in [0.15, 0.2) is 18.3 Å². The molecule has 0 aliphatic rings. The minimum atomic E-state index is -0.0551. The van der Waals surface area contributed by atoms with Gasteiger partial charge >= 0.3 is 0 Å². The Bertz CT molecular complexity index is 493. The number of nitrogens with zero attached hydrogens (tertiary/aromatic N) is 1. The number of carbonyl (C=O) groups excluding carboxylic acids is 1. The second-order valence-electron chi connectivity index (χ2n) is 5.49. The number of rotatable bonds is 3. The fourth-order valence-corrected chi connectivity index (χ4v) is 1.47. The first kappa shape index (κ1) is 15.2. The van der Waals surface area contributed by atoms with E-state index < -0.39 is 0 Å². The van der Waals surface area contributed by atoms with Gasteiger partial charge in [-0.2, -0.15) is 0 Å². The largest absolute Gasteiger partial charge is 0.395 e. The second-order valence-corrected chi connectivity index (χ2v) is 5.49. The van der Waals surface area contributed by atoms with Crippen LogP contribution in [-0.2, 0) is 4.79 Å². The maximum atomic E-state index is 11.8. The number of amides is 1. The molecule has 1 heterocycles. The van der Waals surface area contributed by atoms with E-state index >= 15 is 0 Å². The first-order chi connectivity index (χ1) is 8.90. The van der Waals surface area contributed by atoms with Crippen molar-refractivity contribution in [2.45, 2.75) is 33.6 Å². The predicted molar refractivity (Wildman–Crippen MR) is 75.5 cm³/mol. The van der Waals surface area contributed by atoms with Crippen LogP contribution in [0.3, 0.4) is 0 Å². The van der Waals surface area contributed by atoms with Gasteiger partial charge in [-0.05, 0) is 17.5 Å². The standard InChI is InChI=1S/C15H20N2O2/c1-15(2,3)11-14(19)17-13-10-12(7-8-16-13)6-4-5-9-18/h7-8,10,18H,5,9,11H2,1-3H3,(H,16,17,19). The van der Waals surface area contributed by atoms with E-state index in [1.807, 2.05) is 20.8 Å². The molecule has 0 aliphatic carbocycles. The highest BCUT2D eigenvalue weighted by Crippen LogP contribution is 2.19. The van der Waals surface area contributed by atoms with Gasteiger partial charge in [-0.1, -0.05) is 32.6 Å². The van der Waals surface area contributed by atoms with E-state index in [9.17, 15) is 4.79 Å². The molecule has 0 aliphatic heterocycles. The van der Waals surface area contributed by atoms with Crippen LogP contribution in [0.4, 0.5) is 5.82 Å². The Morgan fingerprint density at radius 1 is 1.47 bits per heavy atom. The summed E-state index contributed by atoms with van der Waals surface area (Å²) in [6.45, 7) is 6.08. The van der Waals surface area contributed by atoms with Crippen molar-refractivity contribution in [1.82, 2.24) is 4.98 Å². The summed E-state index contributed by atoms with van der Waals surface area (Å²) in [6.07, 6.45) is 2.48. The number of aliphatic hydroxyl groups is 1. The molecule has 0 saturated carbocycles. The lowest BCUT2D eigenvalue weighted by Gasteiger charge is -2.16. The number of anilines is 1. The van der Waals surface area contributed by atoms with Gasteiger partial charge in [0.2, 0.25) is 5.91 Å². The highest BCUT2D eigenvalue weighted by Gasteiger charge is 2.16. The summed E-state index contributed by atoms with van der Waals surface area (Å²) in [5, 5.41) is 11.4. The first-order valence-electron chi connectivity index (χ1n) is 6.26. The Hall–Kier alpha value is -1.86. The van der Waals surface area contributed by atoms with Crippen molar-refractivity contribution in [2.75, 3.05) is 11.9 Å². The molecule has 19 heavy (non-hydrogen) atoms. The fraction of sp³-hybridized carbons (Fsp3) is 0.467. The van der Waals surface area contributed by atoms with Crippen molar-refractivity contribution >= 4 is 11.7 Å². The normalized spacial score (nSPS) is 10.5. The number of aromatic nitrogens is 1. The van der Waals surface area contributed by atoms with Gasteiger partial charge in [0.25, 0.3) is 0 Å². The van der Waals surface area contributed by atoms with Crippen LogP contribution in [0.25, 0.3) is 0 Å². The quantitative estimate of drug-likeness (QED) is 0.819. The number of aliphatic hydroxyl groups excluding tert-OH is 1. The molecule has 0 aromatic carbocycles. The molecule has 102 valence electrons. The average molecular weight is 260 g/mol. The number of nitrogens with one attached hydrogen (secondary N) is 1. The highest BCUT2D eigenvalue weighted by atomic mass is 16.2. The number of carbonyl (C=O) groups is 1. The third-order valence-corrected chi connectivity index (χ3v) is 2.19. The van der Waals surface area contributed by atoms with E-state index in [0.29, 0.717) is 18.7 Å². The van der Waals surface area contributed by atoms with Gasteiger partial charge in [0.1, 0.15) is 5.82 Å². The Morgan fingerprint density at radius 3 is 2.84 bits per heavy atom. The van der Waals surface area contributed by atoms with Crippen LogP contribution >= 0.6 is 0 Å². The lowest BCUT2D eigenvalue weighted by atomic mass is 9.92. The van der Waals surface area contributed by atoms with Crippen molar-refractivity contribution in [3.8, 4) is 11.8 Å². The van der Waals surface area contributed by atoms with Crippen molar-refractivity contribution in [2.24, 2.45) is 5.41 Å². The smallest absolute Gasteiger partial charge is 0.226 e. The van der Waals surface area contributed by atoms with Gasteiger partial charge in [0, 0.05) is 24.6 Å². The lowest BCUT2D eigenvalue weighted by Crippen LogP contribution is -2.20. The molecule has 0 atom stereocenters. The van der Waals surface area contributed by atoms with Crippen LogP contribution in [0.2, 0.25) is 0 Å². The van der Waals surface area contributed by atoms with Gasteiger partial charge < -0.3 is 10.4 Å². The molecular weight excluding hydrogens is 240 g/mol. The molecule has 1 aromatic rings. The van der Waals surface area contributed by atoms with Crippen LogP contribution in [0, 0.1) is 17.3 Å². The van der Waals surface area contributed by atoms with E-state index in [0.717, 1.165) is 5.56 Å². The molecular formula is C15H20N2O2. The van der Waals surface area contributed by atoms with Crippen molar-refractivity contribution in [1.29, 1.82) is 0 Å². The summed E-state index contributed by atoms with van der Waals surface area (Å²) in [6, 6.07) is 3.49. The molecule has 0 spiro atoms. The molecule has 0 fully saturated rings. The Balaban J connectivity index is 2.68. The predicted octanol–water partition coefficient (Wildman–Crippen LogP) is 2.19. The Morgan fingerprint density at radius 2 is 2.21 bits per heavy atom. The zero-order valence-electron chi connectivity index (χ0n) is 11.7. The average Bonchev–Trinajstić information content (AvgIpc) is 2.27. The van der Waals surface area contributed by atoms with Crippen molar-refractivity contribution < 1.29 is 9.90 Å². The molecule has 2 N–H and O–H groups in total. The molecule has 1 amide bonds. The minimum absolute atomic E-state index is 0.0489. The Kier molecular flexibility index (Phi) is 5.53. The number of hydrogen-bond donors (Lipinski definition) is 2. The molecule has 0 saturated heterocycles. The van der Waals surface area contributed by atoms with Crippen LogP contribution in [0.1, 0.15) is 39.2 Å². The SMILES string of the molecule is CC(C)(C)CC(=O)Nc1cc(C#CCCO)ccn1. The lowest BCUT2D eigenvalue weighted by molar-refractivity contribution is -0.117. The monoisotopic (exact) mass is 260 g/mol. The summed E-state index contributed by atoms with van der Waals surface area (Å²) in [4.78, 5) is 15.9. The summed E-state index contributed by atoms with van der Waals surface area (Å²) in [5.74, 6) is 6.19. The highest BCUT2D eigenvalue weighted by molar-refractivity contribution is 5.90. The molecule has 0 bridgehead atoms. The van der Waals surface area contributed by atoms with Crippen LogP contribution in [-0.4, -0.2) is 22.6 Å². The molecule has 4 heteroatoms. The van der Waals surface area contributed by atoms with Gasteiger partial charge in [-0.25, -0.2) is 4.98 Å². The summed E-state index contributed by atoms with van der Waals surface area (Å²) in [5.41, 5.74) is 0.720. The van der Waals surface area contributed by atoms with E-state index in [-0.39, 0.29) is 17.9 Å². The third kappa shape index (κ3) is 6.58. The van der Waals surface area contributed by atoms with Gasteiger partial charge in [-0.3, -0.25) is 4.79 Å². The third-order valence-electron chi connectivity index (χ3n) is 2.19. The van der Waals surface area contributed by atoms with E-state index in [1.165, 1.54) is 0 Å². The Labute approximate surface area is 114 Å². The van der Waals surface area contributed by atoms with Gasteiger partial charge in [0.05, 0.1) is 6.61 Å². The molecule has 0 radical (unpaired) electrons. The second kappa shape index (κ2) is 6.91.